The van der Waals surface area contributed by atoms with Gasteiger partial charge in [-0.25, -0.2) is 9.18 Å². The average Bonchev–Trinajstić information content (AvgIpc) is 2.85. The Labute approximate surface area is 120 Å². The highest BCUT2D eigenvalue weighted by molar-refractivity contribution is 7.10. The number of hydrogen-bond donors (Lipinski definition) is 3. The second-order valence-electron chi connectivity index (χ2n) is 4.33. The number of anilines is 1. The van der Waals surface area contributed by atoms with Gasteiger partial charge >= 0.3 is 6.03 Å². The van der Waals surface area contributed by atoms with Gasteiger partial charge in [0.1, 0.15) is 11.9 Å². The molecule has 2 rings (SSSR count). The molecule has 0 aliphatic carbocycles. The van der Waals surface area contributed by atoms with E-state index in [1.807, 2.05) is 18.4 Å². The van der Waals surface area contributed by atoms with E-state index in [4.69, 9.17) is 0 Å². The molecule has 1 atom stereocenters. The molecule has 2 amide bonds. The van der Waals surface area contributed by atoms with E-state index >= 15 is 0 Å². The van der Waals surface area contributed by atoms with E-state index in [0.717, 1.165) is 10.4 Å². The summed E-state index contributed by atoms with van der Waals surface area (Å²) in [5.74, 6) is -0.362. The van der Waals surface area contributed by atoms with Gasteiger partial charge in [-0.1, -0.05) is 0 Å². The monoisotopic (exact) mass is 294 g/mol. The molecular formula is C14H15FN2O2S. The third-order valence-electron chi connectivity index (χ3n) is 2.76. The van der Waals surface area contributed by atoms with Gasteiger partial charge in [-0.05, 0) is 48.2 Å². The minimum atomic E-state index is -0.728. The lowest BCUT2D eigenvalue weighted by Gasteiger charge is -2.12. The number of nitrogens with one attached hydrogen (secondary N) is 2. The smallest absolute Gasteiger partial charge is 0.319 e. The van der Waals surface area contributed by atoms with Crippen molar-refractivity contribution in [3.05, 3.63) is 52.0 Å². The van der Waals surface area contributed by atoms with Crippen LogP contribution in [0.3, 0.4) is 0 Å². The van der Waals surface area contributed by atoms with Crippen LogP contribution in [0.5, 0.6) is 0 Å². The predicted octanol–water partition coefficient (Wildman–Crippen LogP) is 3.05. The fourth-order valence-corrected chi connectivity index (χ4v) is 2.63. The number of amides is 2. The fraction of sp³-hybridized carbons (Fsp3) is 0.214. The van der Waals surface area contributed by atoms with Crippen molar-refractivity contribution >= 4 is 23.1 Å². The quantitative estimate of drug-likeness (QED) is 0.811. The number of hydrogen-bond acceptors (Lipinski definition) is 3. The lowest BCUT2D eigenvalue weighted by atomic mass is 10.2. The van der Waals surface area contributed by atoms with Crippen LogP contribution in [-0.2, 0) is 0 Å². The molecule has 0 saturated heterocycles. The standard InChI is InChI=1S/C14H15FN2O2S/c1-9-6-7-20-13(9)12(18)8-16-14(19)17-11-4-2-10(15)3-5-11/h2-7,12,18H,8H2,1H3,(H2,16,17,19). The second kappa shape index (κ2) is 6.49. The number of rotatable bonds is 4. The Morgan fingerprint density at radius 2 is 2.05 bits per heavy atom. The van der Waals surface area contributed by atoms with E-state index < -0.39 is 12.1 Å². The summed E-state index contributed by atoms with van der Waals surface area (Å²) in [6, 6.07) is 6.94. The third-order valence-corrected chi connectivity index (χ3v) is 3.88. The number of urea groups is 1. The lowest BCUT2D eigenvalue weighted by Crippen LogP contribution is -2.32. The van der Waals surface area contributed by atoms with Crippen LogP contribution in [0.15, 0.2) is 35.7 Å². The topological polar surface area (TPSA) is 61.4 Å². The maximum Gasteiger partial charge on any atom is 0.319 e. The molecule has 0 saturated carbocycles. The van der Waals surface area contributed by atoms with Crippen LogP contribution >= 0.6 is 11.3 Å². The Morgan fingerprint density at radius 1 is 1.35 bits per heavy atom. The largest absolute Gasteiger partial charge is 0.386 e. The van der Waals surface area contributed by atoms with E-state index in [1.165, 1.54) is 35.6 Å². The van der Waals surface area contributed by atoms with Gasteiger partial charge in [-0.15, -0.1) is 11.3 Å². The fourth-order valence-electron chi connectivity index (χ4n) is 1.72. The molecule has 1 heterocycles. The number of aliphatic hydroxyl groups is 1. The van der Waals surface area contributed by atoms with Crippen LogP contribution in [0.1, 0.15) is 16.5 Å². The van der Waals surface area contributed by atoms with Crippen LogP contribution in [0.4, 0.5) is 14.9 Å². The Balaban J connectivity index is 1.83. The van der Waals surface area contributed by atoms with Crippen LogP contribution in [0.25, 0.3) is 0 Å². The molecule has 0 aliphatic rings. The van der Waals surface area contributed by atoms with Crippen molar-refractivity contribution in [1.82, 2.24) is 5.32 Å². The molecule has 0 bridgehead atoms. The van der Waals surface area contributed by atoms with Crippen molar-refractivity contribution in [2.24, 2.45) is 0 Å². The van der Waals surface area contributed by atoms with Gasteiger partial charge in [0.25, 0.3) is 0 Å². The molecule has 0 aliphatic heterocycles. The van der Waals surface area contributed by atoms with Crippen LogP contribution in [-0.4, -0.2) is 17.7 Å². The summed E-state index contributed by atoms with van der Waals surface area (Å²) in [7, 11) is 0. The van der Waals surface area contributed by atoms with Gasteiger partial charge in [0.05, 0.1) is 6.54 Å². The van der Waals surface area contributed by atoms with Crippen molar-refractivity contribution in [3.63, 3.8) is 0 Å². The molecule has 3 N–H and O–H groups in total. The molecule has 1 unspecified atom stereocenters. The molecule has 1 aromatic heterocycles. The molecule has 106 valence electrons. The Hall–Kier alpha value is -1.92. The minimum absolute atomic E-state index is 0.119. The number of carbonyl (C=O) groups excluding carboxylic acids is 1. The summed E-state index contributed by atoms with van der Waals surface area (Å²) in [6.45, 7) is 2.03. The van der Waals surface area contributed by atoms with Gasteiger partial charge in [0, 0.05) is 10.6 Å². The Kier molecular flexibility index (Phi) is 4.70. The molecule has 20 heavy (non-hydrogen) atoms. The first-order valence-corrected chi connectivity index (χ1v) is 6.96. The molecule has 6 heteroatoms. The zero-order chi connectivity index (χ0) is 14.5. The predicted molar refractivity (Wildman–Crippen MR) is 77.4 cm³/mol. The first-order chi connectivity index (χ1) is 9.56. The highest BCUT2D eigenvalue weighted by Crippen LogP contribution is 2.23. The Bertz CT molecular complexity index is 583. The normalized spacial score (nSPS) is 11.9. The highest BCUT2D eigenvalue weighted by Gasteiger charge is 2.13. The number of benzene rings is 1. The van der Waals surface area contributed by atoms with Crippen molar-refractivity contribution < 1.29 is 14.3 Å². The number of aryl methyl sites for hydroxylation is 1. The third kappa shape index (κ3) is 3.79. The lowest BCUT2D eigenvalue weighted by molar-refractivity contribution is 0.178. The van der Waals surface area contributed by atoms with Crippen LogP contribution in [0.2, 0.25) is 0 Å². The zero-order valence-electron chi connectivity index (χ0n) is 10.9. The number of thiophene rings is 1. The maximum absolute atomic E-state index is 12.7. The van der Waals surface area contributed by atoms with E-state index in [-0.39, 0.29) is 12.4 Å². The first-order valence-electron chi connectivity index (χ1n) is 6.08. The minimum Gasteiger partial charge on any atom is -0.386 e. The molecule has 0 radical (unpaired) electrons. The van der Waals surface area contributed by atoms with Crippen molar-refractivity contribution in [2.75, 3.05) is 11.9 Å². The highest BCUT2D eigenvalue weighted by atomic mass is 32.1. The van der Waals surface area contributed by atoms with Gasteiger partial charge in [0.15, 0.2) is 0 Å². The van der Waals surface area contributed by atoms with Crippen molar-refractivity contribution in [1.29, 1.82) is 0 Å². The van der Waals surface area contributed by atoms with Crippen LogP contribution < -0.4 is 10.6 Å². The number of carbonyl (C=O) groups is 1. The second-order valence-corrected chi connectivity index (χ2v) is 5.27. The van der Waals surface area contributed by atoms with Gasteiger partial charge in [-0.3, -0.25) is 0 Å². The Morgan fingerprint density at radius 3 is 2.65 bits per heavy atom. The number of halogens is 1. The van der Waals surface area contributed by atoms with E-state index in [9.17, 15) is 14.3 Å². The summed E-state index contributed by atoms with van der Waals surface area (Å²) >= 11 is 1.45. The van der Waals surface area contributed by atoms with Gasteiger partial charge in [0.2, 0.25) is 0 Å². The van der Waals surface area contributed by atoms with Crippen LogP contribution in [0, 0.1) is 12.7 Å². The average molecular weight is 294 g/mol. The molecule has 1 aromatic carbocycles. The molecule has 2 aromatic rings. The summed E-state index contributed by atoms with van der Waals surface area (Å²) in [6.07, 6.45) is -0.728. The maximum atomic E-state index is 12.7. The summed E-state index contributed by atoms with van der Waals surface area (Å²) in [5.41, 5.74) is 1.49. The summed E-state index contributed by atoms with van der Waals surface area (Å²) in [5, 5.41) is 17.0. The van der Waals surface area contributed by atoms with Gasteiger partial charge < -0.3 is 15.7 Å². The summed E-state index contributed by atoms with van der Waals surface area (Å²) < 4.78 is 12.7. The SMILES string of the molecule is Cc1ccsc1C(O)CNC(=O)Nc1ccc(F)cc1. The molecular weight excluding hydrogens is 279 g/mol. The first kappa shape index (κ1) is 14.5. The zero-order valence-corrected chi connectivity index (χ0v) is 11.7. The van der Waals surface area contributed by atoms with E-state index in [0.29, 0.717) is 5.69 Å². The van der Waals surface area contributed by atoms with E-state index in [2.05, 4.69) is 10.6 Å². The number of aliphatic hydroxyl groups excluding tert-OH is 1. The summed E-state index contributed by atoms with van der Waals surface area (Å²) in [4.78, 5) is 12.5. The molecule has 0 fully saturated rings. The van der Waals surface area contributed by atoms with Crippen molar-refractivity contribution in [2.45, 2.75) is 13.0 Å². The molecule has 4 nitrogen and oxygen atoms in total. The van der Waals surface area contributed by atoms with E-state index in [1.54, 1.807) is 0 Å². The molecule has 0 spiro atoms. The van der Waals surface area contributed by atoms with Crippen molar-refractivity contribution in [3.8, 4) is 0 Å². The van der Waals surface area contributed by atoms with Gasteiger partial charge in [-0.2, -0.15) is 0 Å².